The molecule has 1 unspecified atom stereocenters. The highest BCUT2D eigenvalue weighted by molar-refractivity contribution is 5.47. The van der Waals surface area contributed by atoms with E-state index in [1.54, 1.807) is 0 Å². The van der Waals surface area contributed by atoms with E-state index in [2.05, 4.69) is 11.4 Å². The molecule has 15 heavy (non-hydrogen) atoms. The quantitative estimate of drug-likeness (QED) is 0.712. The van der Waals surface area contributed by atoms with Crippen molar-refractivity contribution in [3.8, 4) is 5.75 Å². The summed E-state index contributed by atoms with van der Waals surface area (Å²) in [7, 11) is 0. The van der Waals surface area contributed by atoms with Gasteiger partial charge in [-0.25, -0.2) is 0 Å². The summed E-state index contributed by atoms with van der Waals surface area (Å²) in [4.78, 5) is 0. The molecule has 0 bridgehead atoms. The maximum Gasteiger partial charge on any atom is 0.128 e. The third kappa shape index (κ3) is 1.34. The number of para-hydroxylation sites is 1. The number of hydrogen-bond donors (Lipinski definition) is 2. The maximum atomic E-state index is 10.5. The van der Waals surface area contributed by atoms with Crippen molar-refractivity contribution >= 4 is 0 Å². The van der Waals surface area contributed by atoms with Gasteiger partial charge in [-0.3, -0.25) is 0 Å². The van der Waals surface area contributed by atoms with Crippen LogP contribution in [0.1, 0.15) is 17.5 Å². The fraction of sp³-hybridized carbons (Fsp3) is 0.500. The van der Waals surface area contributed by atoms with Gasteiger partial charge in [0.15, 0.2) is 0 Å². The molecule has 0 spiro atoms. The fourth-order valence-corrected chi connectivity index (χ4v) is 2.49. The van der Waals surface area contributed by atoms with Crippen LogP contribution in [-0.2, 0) is 12.0 Å². The maximum absolute atomic E-state index is 10.5. The summed E-state index contributed by atoms with van der Waals surface area (Å²) in [5.41, 5.74) is 1.46. The van der Waals surface area contributed by atoms with E-state index in [0.29, 0.717) is 6.54 Å². The Morgan fingerprint density at radius 3 is 3.13 bits per heavy atom. The molecule has 1 fully saturated rings. The zero-order valence-electron chi connectivity index (χ0n) is 8.62. The zero-order chi connectivity index (χ0) is 10.3. The third-order valence-electron chi connectivity index (χ3n) is 3.35. The van der Waals surface area contributed by atoms with Gasteiger partial charge in [-0.1, -0.05) is 18.2 Å². The molecule has 0 saturated carbocycles. The summed E-state index contributed by atoms with van der Waals surface area (Å²) in [5.74, 6) is 0.920. The molecule has 0 radical (unpaired) electrons. The molecule has 1 aromatic rings. The molecule has 3 nitrogen and oxygen atoms in total. The average Bonchev–Trinajstić information content (AvgIpc) is 2.85. The van der Waals surface area contributed by atoms with Crippen molar-refractivity contribution in [1.82, 2.24) is 5.32 Å². The highest BCUT2D eigenvalue weighted by atomic mass is 16.5. The SMILES string of the molecule is OC1(c2cccc3c2OCC3)CCNC1. The van der Waals surface area contributed by atoms with Crippen LogP contribution in [-0.4, -0.2) is 24.8 Å². The van der Waals surface area contributed by atoms with Gasteiger partial charge < -0.3 is 15.2 Å². The molecular weight excluding hydrogens is 190 g/mol. The number of ether oxygens (including phenoxy) is 1. The smallest absolute Gasteiger partial charge is 0.128 e. The van der Waals surface area contributed by atoms with Crippen molar-refractivity contribution in [2.45, 2.75) is 18.4 Å². The molecule has 3 heteroatoms. The van der Waals surface area contributed by atoms with Crippen molar-refractivity contribution in [2.75, 3.05) is 19.7 Å². The number of aliphatic hydroxyl groups is 1. The van der Waals surface area contributed by atoms with Gasteiger partial charge in [0.05, 0.1) is 6.61 Å². The van der Waals surface area contributed by atoms with Gasteiger partial charge >= 0.3 is 0 Å². The number of hydrogen-bond acceptors (Lipinski definition) is 3. The van der Waals surface area contributed by atoms with Crippen LogP contribution in [0.5, 0.6) is 5.75 Å². The predicted molar refractivity (Wildman–Crippen MR) is 57.0 cm³/mol. The van der Waals surface area contributed by atoms with Crippen LogP contribution in [0.4, 0.5) is 0 Å². The van der Waals surface area contributed by atoms with Gasteiger partial charge in [0.25, 0.3) is 0 Å². The molecule has 2 aliphatic rings. The molecule has 0 aliphatic carbocycles. The average molecular weight is 205 g/mol. The zero-order valence-corrected chi connectivity index (χ0v) is 8.62. The van der Waals surface area contributed by atoms with Gasteiger partial charge in [0.2, 0.25) is 0 Å². The minimum absolute atomic E-state index is 0.632. The predicted octanol–water partition coefficient (Wildman–Crippen LogP) is 0.802. The molecule has 1 aromatic carbocycles. The Morgan fingerprint density at radius 2 is 2.33 bits per heavy atom. The van der Waals surface area contributed by atoms with Gasteiger partial charge in [-0.05, 0) is 18.5 Å². The molecule has 0 amide bonds. The van der Waals surface area contributed by atoms with Crippen LogP contribution in [0.25, 0.3) is 0 Å². The lowest BCUT2D eigenvalue weighted by Crippen LogP contribution is -2.28. The molecule has 80 valence electrons. The molecule has 2 N–H and O–H groups in total. The summed E-state index contributed by atoms with van der Waals surface area (Å²) < 4.78 is 5.62. The number of fused-ring (bicyclic) bond motifs is 1. The first-order chi connectivity index (χ1) is 7.30. The summed E-state index contributed by atoms with van der Waals surface area (Å²) in [5, 5.41) is 13.7. The van der Waals surface area contributed by atoms with E-state index in [0.717, 1.165) is 37.3 Å². The van der Waals surface area contributed by atoms with E-state index < -0.39 is 5.60 Å². The number of nitrogens with one attached hydrogen (secondary N) is 1. The van der Waals surface area contributed by atoms with Crippen molar-refractivity contribution in [3.63, 3.8) is 0 Å². The summed E-state index contributed by atoms with van der Waals surface area (Å²) >= 11 is 0. The second kappa shape index (κ2) is 3.22. The Morgan fingerprint density at radius 1 is 1.40 bits per heavy atom. The van der Waals surface area contributed by atoms with Crippen LogP contribution in [0, 0.1) is 0 Å². The Labute approximate surface area is 89.1 Å². The van der Waals surface area contributed by atoms with E-state index in [9.17, 15) is 5.11 Å². The van der Waals surface area contributed by atoms with Crippen LogP contribution in [0.15, 0.2) is 18.2 Å². The molecule has 1 atom stereocenters. The van der Waals surface area contributed by atoms with Crippen LogP contribution in [0.3, 0.4) is 0 Å². The van der Waals surface area contributed by atoms with Crippen LogP contribution in [0.2, 0.25) is 0 Å². The topological polar surface area (TPSA) is 41.5 Å². The molecule has 0 aromatic heterocycles. The third-order valence-corrected chi connectivity index (χ3v) is 3.35. The van der Waals surface area contributed by atoms with Crippen LogP contribution >= 0.6 is 0 Å². The standard InChI is InChI=1S/C12H15NO2/c14-12(5-6-13-8-12)10-3-1-2-9-4-7-15-11(9)10/h1-3,13-14H,4-8H2. The monoisotopic (exact) mass is 205 g/mol. The van der Waals surface area contributed by atoms with Gasteiger partial charge in [0, 0.05) is 18.5 Å². The lowest BCUT2D eigenvalue weighted by Gasteiger charge is -2.23. The van der Waals surface area contributed by atoms with E-state index in [1.165, 1.54) is 5.56 Å². The van der Waals surface area contributed by atoms with E-state index >= 15 is 0 Å². The fourth-order valence-electron chi connectivity index (χ4n) is 2.49. The lowest BCUT2D eigenvalue weighted by atomic mass is 9.90. The summed E-state index contributed by atoms with van der Waals surface area (Å²) in [6.07, 6.45) is 1.74. The molecule has 2 aliphatic heterocycles. The largest absolute Gasteiger partial charge is 0.493 e. The Balaban J connectivity index is 2.08. The van der Waals surface area contributed by atoms with Crippen molar-refractivity contribution in [2.24, 2.45) is 0 Å². The highest BCUT2D eigenvalue weighted by Gasteiger charge is 2.37. The Kier molecular flexibility index (Phi) is 1.97. The van der Waals surface area contributed by atoms with E-state index in [4.69, 9.17) is 4.74 Å². The summed E-state index contributed by atoms with van der Waals surface area (Å²) in [6.45, 7) is 2.25. The second-order valence-electron chi connectivity index (χ2n) is 4.35. The first kappa shape index (κ1) is 9.19. The number of benzene rings is 1. The van der Waals surface area contributed by atoms with Gasteiger partial charge in [-0.2, -0.15) is 0 Å². The Hall–Kier alpha value is -1.06. The first-order valence-electron chi connectivity index (χ1n) is 5.48. The van der Waals surface area contributed by atoms with Crippen molar-refractivity contribution in [1.29, 1.82) is 0 Å². The van der Waals surface area contributed by atoms with Crippen molar-refractivity contribution < 1.29 is 9.84 Å². The lowest BCUT2D eigenvalue weighted by molar-refractivity contribution is 0.0560. The molecule has 3 rings (SSSR count). The second-order valence-corrected chi connectivity index (χ2v) is 4.35. The van der Waals surface area contributed by atoms with E-state index in [1.807, 2.05) is 12.1 Å². The normalized spacial score (nSPS) is 28.9. The molecule has 1 saturated heterocycles. The minimum atomic E-state index is -0.727. The minimum Gasteiger partial charge on any atom is -0.493 e. The molecular formula is C12H15NO2. The van der Waals surface area contributed by atoms with Gasteiger partial charge in [0.1, 0.15) is 11.4 Å². The van der Waals surface area contributed by atoms with Crippen molar-refractivity contribution in [3.05, 3.63) is 29.3 Å². The van der Waals surface area contributed by atoms with E-state index in [-0.39, 0.29) is 0 Å². The molecule has 2 heterocycles. The van der Waals surface area contributed by atoms with Crippen LogP contribution < -0.4 is 10.1 Å². The van der Waals surface area contributed by atoms with Gasteiger partial charge in [-0.15, -0.1) is 0 Å². The first-order valence-corrected chi connectivity index (χ1v) is 5.48. The number of β-amino-alcohol motifs (C(OH)–C–C–N with tert-alkyl or cyclic N) is 1. The highest BCUT2D eigenvalue weighted by Crippen LogP contribution is 2.38. The Bertz CT molecular complexity index is 383. The summed E-state index contributed by atoms with van der Waals surface area (Å²) in [6, 6.07) is 6.08. The number of rotatable bonds is 1.